The van der Waals surface area contributed by atoms with Crippen LogP contribution in [0.1, 0.15) is 27.7 Å². The van der Waals surface area contributed by atoms with Gasteiger partial charge < -0.3 is 14.8 Å². The van der Waals surface area contributed by atoms with Crippen molar-refractivity contribution in [3.63, 3.8) is 0 Å². The van der Waals surface area contributed by atoms with E-state index < -0.39 is 6.09 Å². The van der Waals surface area contributed by atoms with Crippen LogP contribution in [0.15, 0.2) is 0 Å². The van der Waals surface area contributed by atoms with Crippen LogP contribution in [0.25, 0.3) is 0 Å². The molecule has 1 amide bonds. The molecule has 0 bridgehead atoms. The highest BCUT2D eigenvalue weighted by Gasteiger charge is 2.21. The number of hydrogen-bond acceptors (Lipinski definition) is 3. The van der Waals surface area contributed by atoms with Crippen molar-refractivity contribution >= 4 is 6.09 Å². The van der Waals surface area contributed by atoms with Crippen molar-refractivity contribution in [2.75, 3.05) is 13.7 Å². The lowest BCUT2D eigenvalue weighted by atomic mass is 10.1. The lowest BCUT2D eigenvalue weighted by Gasteiger charge is -2.25. The highest BCUT2D eigenvalue weighted by atomic mass is 16.6. The predicted molar refractivity (Wildman–Crippen MR) is 50.7 cm³/mol. The average molecular weight is 189 g/mol. The second-order valence-electron chi connectivity index (χ2n) is 3.90. The molecule has 0 unspecified atom stereocenters. The van der Waals surface area contributed by atoms with E-state index in [0.29, 0.717) is 6.61 Å². The number of alkyl carbamates (subject to hydrolysis) is 1. The van der Waals surface area contributed by atoms with Gasteiger partial charge in [-0.05, 0) is 27.7 Å². The molecule has 0 radical (unpaired) electrons. The van der Waals surface area contributed by atoms with Crippen LogP contribution in [0.2, 0.25) is 0 Å². The minimum atomic E-state index is -0.406. The summed E-state index contributed by atoms with van der Waals surface area (Å²) in [6.07, 6.45) is -0.504. The van der Waals surface area contributed by atoms with Gasteiger partial charge in [0.15, 0.2) is 0 Å². The van der Waals surface area contributed by atoms with Gasteiger partial charge in [0, 0.05) is 7.11 Å². The molecular formula is C9H19NO3. The number of carbonyl (C=O) groups excluding carboxylic acids is 1. The van der Waals surface area contributed by atoms with E-state index in [0.717, 1.165) is 0 Å². The standard InChI is InChI=1S/C9H19NO3/c1-7(2)13-8(11)10-9(3,4)6-12-5/h7H,6H2,1-5H3,(H,10,11). The topological polar surface area (TPSA) is 47.6 Å². The zero-order valence-corrected chi connectivity index (χ0v) is 9.01. The lowest BCUT2D eigenvalue weighted by molar-refractivity contribution is 0.0868. The first-order chi connectivity index (χ1) is 5.87. The van der Waals surface area contributed by atoms with Gasteiger partial charge in [0.05, 0.1) is 18.2 Å². The van der Waals surface area contributed by atoms with E-state index >= 15 is 0 Å². The first-order valence-corrected chi connectivity index (χ1v) is 4.35. The smallest absolute Gasteiger partial charge is 0.407 e. The van der Waals surface area contributed by atoms with Crippen LogP contribution in [-0.4, -0.2) is 31.5 Å². The Kier molecular flexibility index (Phi) is 4.77. The van der Waals surface area contributed by atoms with E-state index in [1.807, 2.05) is 27.7 Å². The van der Waals surface area contributed by atoms with E-state index in [1.165, 1.54) is 0 Å². The molecule has 0 atom stereocenters. The minimum absolute atomic E-state index is 0.0988. The quantitative estimate of drug-likeness (QED) is 0.729. The minimum Gasteiger partial charge on any atom is -0.447 e. The van der Waals surface area contributed by atoms with Gasteiger partial charge in [-0.25, -0.2) is 4.79 Å². The van der Waals surface area contributed by atoms with E-state index in [4.69, 9.17) is 9.47 Å². The van der Waals surface area contributed by atoms with Crippen molar-refractivity contribution in [2.24, 2.45) is 0 Å². The van der Waals surface area contributed by atoms with Crippen molar-refractivity contribution in [1.82, 2.24) is 5.32 Å². The maximum Gasteiger partial charge on any atom is 0.407 e. The summed E-state index contributed by atoms with van der Waals surface area (Å²) in [5.74, 6) is 0. The molecule has 4 heteroatoms. The summed E-state index contributed by atoms with van der Waals surface area (Å²) >= 11 is 0. The van der Waals surface area contributed by atoms with Gasteiger partial charge in [-0.15, -0.1) is 0 Å². The highest BCUT2D eigenvalue weighted by Crippen LogP contribution is 2.03. The SMILES string of the molecule is COCC(C)(C)NC(=O)OC(C)C. The highest BCUT2D eigenvalue weighted by molar-refractivity contribution is 5.68. The predicted octanol–water partition coefficient (Wildman–Crippen LogP) is 1.55. The van der Waals surface area contributed by atoms with Crippen LogP contribution in [0.5, 0.6) is 0 Å². The molecule has 0 aliphatic rings. The zero-order valence-electron chi connectivity index (χ0n) is 9.01. The fraction of sp³-hybridized carbons (Fsp3) is 0.889. The molecule has 0 heterocycles. The maximum absolute atomic E-state index is 11.2. The molecule has 0 aliphatic carbocycles. The van der Waals surface area contributed by atoms with Gasteiger partial charge >= 0.3 is 6.09 Å². The Bertz CT molecular complexity index is 166. The van der Waals surface area contributed by atoms with Crippen molar-refractivity contribution in [3.05, 3.63) is 0 Å². The van der Waals surface area contributed by atoms with Crippen LogP contribution in [0.4, 0.5) is 4.79 Å². The van der Waals surface area contributed by atoms with E-state index in [9.17, 15) is 4.79 Å². The molecule has 0 aromatic rings. The van der Waals surface area contributed by atoms with Crippen molar-refractivity contribution in [1.29, 1.82) is 0 Å². The first kappa shape index (κ1) is 12.2. The van der Waals surface area contributed by atoms with E-state index in [-0.39, 0.29) is 11.6 Å². The molecule has 0 saturated carbocycles. The third-order valence-corrected chi connectivity index (χ3v) is 1.29. The van der Waals surface area contributed by atoms with Crippen LogP contribution < -0.4 is 5.32 Å². The molecule has 0 aromatic carbocycles. The molecular weight excluding hydrogens is 170 g/mol. The van der Waals surface area contributed by atoms with Crippen LogP contribution in [-0.2, 0) is 9.47 Å². The summed E-state index contributed by atoms with van der Waals surface area (Å²) in [5, 5.41) is 2.70. The second kappa shape index (κ2) is 5.07. The van der Waals surface area contributed by atoms with Crippen molar-refractivity contribution < 1.29 is 14.3 Å². The maximum atomic E-state index is 11.2. The van der Waals surface area contributed by atoms with Crippen LogP contribution >= 0.6 is 0 Å². The number of carbonyl (C=O) groups is 1. The van der Waals surface area contributed by atoms with E-state index in [2.05, 4.69) is 5.32 Å². The summed E-state index contributed by atoms with van der Waals surface area (Å²) in [6, 6.07) is 0. The normalized spacial score (nSPS) is 11.5. The van der Waals surface area contributed by atoms with Gasteiger partial charge in [0.25, 0.3) is 0 Å². The fourth-order valence-electron chi connectivity index (χ4n) is 0.917. The number of hydrogen-bond donors (Lipinski definition) is 1. The molecule has 13 heavy (non-hydrogen) atoms. The van der Waals surface area contributed by atoms with Crippen LogP contribution in [0.3, 0.4) is 0 Å². The van der Waals surface area contributed by atoms with Gasteiger partial charge in [0.1, 0.15) is 0 Å². The zero-order chi connectivity index (χ0) is 10.5. The van der Waals surface area contributed by atoms with Gasteiger partial charge in [-0.1, -0.05) is 0 Å². The number of methoxy groups -OCH3 is 1. The number of nitrogens with one attached hydrogen (secondary N) is 1. The van der Waals surface area contributed by atoms with Gasteiger partial charge in [-0.2, -0.15) is 0 Å². The second-order valence-corrected chi connectivity index (χ2v) is 3.90. The summed E-state index contributed by atoms with van der Waals surface area (Å²) in [4.78, 5) is 11.2. The Hall–Kier alpha value is -0.770. The Morgan fingerprint density at radius 3 is 2.38 bits per heavy atom. The Balaban J connectivity index is 3.89. The van der Waals surface area contributed by atoms with Gasteiger partial charge in [-0.3, -0.25) is 0 Å². The van der Waals surface area contributed by atoms with Crippen molar-refractivity contribution in [2.45, 2.75) is 39.3 Å². The molecule has 0 fully saturated rings. The number of rotatable bonds is 4. The van der Waals surface area contributed by atoms with Crippen LogP contribution in [0, 0.1) is 0 Å². The molecule has 0 rings (SSSR count). The third kappa shape index (κ3) is 6.40. The third-order valence-electron chi connectivity index (χ3n) is 1.29. The molecule has 1 N–H and O–H groups in total. The molecule has 0 aliphatic heterocycles. The molecule has 0 spiro atoms. The monoisotopic (exact) mass is 189 g/mol. The Morgan fingerprint density at radius 2 is 2.00 bits per heavy atom. The van der Waals surface area contributed by atoms with Gasteiger partial charge in [0.2, 0.25) is 0 Å². The summed E-state index contributed by atoms with van der Waals surface area (Å²) < 4.78 is 9.87. The number of ether oxygens (including phenoxy) is 2. The molecule has 0 aromatic heterocycles. The average Bonchev–Trinajstić information content (AvgIpc) is 1.81. The summed E-state index contributed by atoms with van der Waals surface area (Å²) in [7, 11) is 1.59. The Morgan fingerprint density at radius 1 is 1.46 bits per heavy atom. The lowest BCUT2D eigenvalue weighted by Crippen LogP contribution is -2.47. The number of amides is 1. The largest absolute Gasteiger partial charge is 0.447 e. The fourth-order valence-corrected chi connectivity index (χ4v) is 0.917. The van der Waals surface area contributed by atoms with E-state index in [1.54, 1.807) is 7.11 Å². The molecule has 0 saturated heterocycles. The first-order valence-electron chi connectivity index (χ1n) is 4.35. The summed E-state index contributed by atoms with van der Waals surface area (Å²) in [6.45, 7) is 7.82. The molecule has 4 nitrogen and oxygen atoms in total. The van der Waals surface area contributed by atoms with Crippen molar-refractivity contribution in [3.8, 4) is 0 Å². The summed E-state index contributed by atoms with van der Waals surface area (Å²) in [5.41, 5.74) is -0.388. The Labute approximate surface area is 79.6 Å². The molecule has 78 valence electrons.